The molecule has 1 aliphatic rings. The molecule has 152 valence electrons. The van der Waals surface area contributed by atoms with Gasteiger partial charge in [0.15, 0.2) is 0 Å². The first-order chi connectivity index (χ1) is 13.8. The number of fused-ring (bicyclic) bond motifs is 1. The van der Waals surface area contributed by atoms with E-state index >= 15 is 0 Å². The van der Waals surface area contributed by atoms with E-state index in [9.17, 15) is 10.2 Å². The van der Waals surface area contributed by atoms with Gasteiger partial charge in [-0.15, -0.1) is 12.6 Å². The lowest BCUT2D eigenvalue weighted by molar-refractivity contribution is 0.445. The number of rotatable bonds is 4. The molecule has 7 heteroatoms. The number of phenolic OH excluding ortho intramolecular Hbond substituents is 2. The molecule has 2 aromatic carbocycles. The highest BCUT2D eigenvalue weighted by Gasteiger charge is 2.28. The zero-order valence-corrected chi connectivity index (χ0v) is 17.9. The van der Waals surface area contributed by atoms with Crippen molar-refractivity contribution < 1.29 is 10.2 Å². The Morgan fingerprint density at radius 1 is 1.10 bits per heavy atom. The number of aromatic amines is 1. The minimum atomic E-state index is -0.0185. The summed E-state index contributed by atoms with van der Waals surface area (Å²) >= 11 is 4.62. The van der Waals surface area contributed by atoms with Crippen LogP contribution in [0.1, 0.15) is 43.5 Å². The Balaban J connectivity index is 1.83. The van der Waals surface area contributed by atoms with Gasteiger partial charge >= 0.3 is 0 Å². The molecule has 1 aliphatic heterocycles. The summed E-state index contributed by atoms with van der Waals surface area (Å²) in [7, 11) is 0. The van der Waals surface area contributed by atoms with Crippen molar-refractivity contribution >= 4 is 34.9 Å². The Kier molecular flexibility index (Phi) is 4.78. The van der Waals surface area contributed by atoms with Crippen LogP contribution in [0.2, 0.25) is 0 Å². The standard InChI is InChI=1S/C22H26N4O2S/c1-5-14-8-18(20(28)10-19(14)27)26-23-11-21(29)25(26)15-6-7-17-16(9-15)22(12(2)3)13(4)24-17/h6-12,23-24,27-29H,5H2,1-4H3. The number of aryl methyl sites for hydroxylation is 2. The van der Waals surface area contributed by atoms with Gasteiger partial charge < -0.3 is 15.2 Å². The SMILES string of the molecule is CCc1cc(N2NC=C(S)N2c2ccc3[nH]c(C)c(C(C)C)c3c2)c(O)cc1O. The number of benzene rings is 2. The summed E-state index contributed by atoms with van der Waals surface area (Å²) in [5.74, 6) is 0.463. The van der Waals surface area contributed by atoms with Gasteiger partial charge in [-0.25, -0.2) is 5.01 Å². The maximum absolute atomic E-state index is 10.5. The molecule has 0 radical (unpaired) electrons. The van der Waals surface area contributed by atoms with Gasteiger partial charge in [0, 0.05) is 22.7 Å². The minimum absolute atomic E-state index is 0.0185. The molecular formula is C22H26N4O2S. The van der Waals surface area contributed by atoms with Crippen LogP contribution >= 0.6 is 12.6 Å². The van der Waals surface area contributed by atoms with E-state index in [1.807, 2.05) is 18.0 Å². The molecule has 0 fully saturated rings. The monoisotopic (exact) mass is 410 g/mol. The third-order valence-electron chi connectivity index (χ3n) is 5.36. The van der Waals surface area contributed by atoms with Gasteiger partial charge in [0.2, 0.25) is 0 Å². The number of hydrogen-bond acceptors (Lipinski definition) is 6. The van der Waals surface area contributed by atoms with E-state index in [0.29, 0.717) is 23.1 Å². The van der Waals surface area contributed by atoms with E-state index in [1.165, 1.54) is 22.7 Å². The normalized spacial score (nSPS) is 14.1. The van der Waals surface area contributed by atoms with E-state index in [-0.39, 0.29) is 11.5 Å². The Bertz CT molecular complexity index is 1120. The highest BCUT2D eigenvalue weighted by molar-refractivity contribution is 7.84. The summed E-state index contributed by atoms with van der Waals surface area (Å²) in [5, 5.41) is 26.0. The maximum atomic E-state index is 10.5. The van der Waals surface area contributed by atoms with Crippen LogP contribution in [0.25, 0.3) is 10.9 Å². The number of hydrogen-bond donors (Lipinski definition) is 5. The number of phenols is 2. The predicted molar refractivity (Wildman–Crippen MR) is 121 cm³/mol. The van der Waals surface area contributed by atoms with Crippen molar-refractivity contribution in [1.82, 2.24) is 10.4 Å². The fourth-order valence-electron chi connectivity index (χ4n) is 4.04. The molecule has 0 saturated heterocycles. The van der Waals surface area contributed by atoms with Crippen LogP contribution in [0.3, 0.4) is 0 Å². The number of H-pyrrole nitrogens is 1. The Morgan fingerprint density at radius 2 is 1.86 bits per heavy atom. The lowest BCUT2D eigenvalue weighted by Crippen LogP contribution is -2.43. The van der Waals surface area contributed by atoms with Gasteiger partial charge in [-0.1, -0.05) is 20.8 Å². The van der Waals surface area contributed by atoms with Gasteiger partial charge in [-0.05, 0) is 54.7 Å². The molecular weight excluding hydrogens is 384 g/mol. The zero-order valence-electron chi connectivity index (χ0n) is 17.0. The third-order valence-corrected chi connectivity index (χ3v) is 5.68. The summed E-state index contributed by atoms with van der Waals surface area (Å²) in [6.45, 7) is 8.44. The molecule has 29 heavy (non-hydrogen) atoms. The number of anilines is 2. The molecule has 0 aliphatic carbocycles. The molecule has 2 heterocycles. The van der Waals surface area contributed by atoms with Crippen LogP contribution < -0.4 is 15.6 Å². The maximum Gasteiger partial charge on any atom is 0.146 e. The van der Waals surface area contributed by atoms with Crippen molar-refractivity contribution in [3.8, 4) is 11.5 Å². The molecule has 4 rings (SSSR count). The topological polar surface area (TPSA) is 74.8 Å². The fraction of sp³-hybridized carbons (Fsp3) is 0.273. The minimum Gasteiger partial charge on any atom is -0.508 e. The summed E-state index contributed by atoms with van der Waals surface area (Å²) < 4.78 is 0. The van der Waals surface area contributed by atoms with Gasteiger partial charge in [-0.2, -0.15) is 5.12 Å². The molecule has 0 atom stereocenters. The second-order valence-corrected chi connectivity index (χ2v) is 8.08. The first kappa shape index (κ1) is 19.4. The van der Waals surface area contributed by atoms with Gasteiger partial charge in [-0.3, -0.25) is 5.43 Å². The predicted octanol–water partition coefficient (Wildman–Crippen LogP) is 5.05. The molecule has 0 bridgehead atoms. The van der Waals surface area contributed by atoms with Crippen molar-refractivity contribution in [3.05, 3.63) is 58.4 Å². The summed E-state index contributed by atoms with van der Waals surface area (Å²) in [6, 6.07) is 9.37. The Labute approximate surface area is 175 Å². The number of nitrogens with zero attached hydrogens (tertiary/aromatic N) is 2. The van der Waals surface area contributed by atoms with Gasteiger partial charge in [0.25, 0.3) is 0 Å². The molecule has 0 spiro atoms. The quantitative estimate of drug-likeness (QED) is 0.389. The van der Waals surface area contributed by atoms with Gasteiger partial charge in [0.1, 0.15) is 22.2 Å². The van der Waals surface area contributed by atoms with E-state index in [0.717, 1.165) is 16.8 Å². The average molecular weight is 411 g/mol. The van der Waals surface area contributed by atoms with Crippen molar-refractivity contribution in [2.45, 2.75) is 40.0 Å². The molecule has 0 saturated carbocycles. The number of hydrazine groups is 2. The van der Waals surface area contributed by atoms with Crippen molar-refractivity contribution in [3.63, 3.8) is 0 Å². The molecule has 6 nitrogen and oxygen atoms in total. The second-order valence-electron chi connectivity index (χ2n) is 7.63. The lowest BCUT2D eigenvalue weighted by Gasteiger charge is -2.32. The lowest BCUT2D eigenvalue weighted by atomic mass is 9.99. The fourth-order valence-corrected chi connectivity index (χ4v) is 4.30. The van der Waals surface area contributed by atoms with Crippen molar-refractivity contribution in [2.75, 3.05) is 10.1 Å². The molecule has 3 aromatic rings. The second kappa shape index (κ2) is 7.15. The van der Waals surface area contributed by atoms with E-state index < -0.39 is 0 Å². The molecule has 1 aromatic heterocycles. The average Bonchev–Trinajstić information content (AvgIpc) is 3.20. The van der Waals surface area contributed by atoms with Crippen LogP contribution in [-0.4, -0.2) is 15.2 Å². The van der Waals surface area contributed by atoms with Crippen molar-refractivity contribution in [1.29, 1.82) is 0 Å². The first-order valence-electron chi connectivity index (χ1n) is 9.74. The Morgan fingerprint density at radius 3 is 2.55 bits per heavy atom. The van der Waals surface area contributed by atoms with Crippen molar-refractivity contribution in [2.24, 2.45) is 0 Å². The highest BCUT2D eigenvalue weighted by Crippen LogP contribution is 2.40. The highest BCUT2D eigenvalue weighted by atomic mass is 32.1. The van der Waals surface area contributed by atoms with Gasteiger partial charge in [0.05, 0.1) is 11.9 Å². The van der Waals surface area contributed by atoms with Crippen LogP contribution in [0, 0.1) is 6.92 Å². The number of thiol groups is 1. The van der Waals surface area contributed by atoms with Crippen LogP contribution in [0.4, 0.5) is 11.4 Å². The molecule has 4 N–H and O–H groups in total. The largest absolute Gasteiger partial charge is 0.508 e. The molecule has 0 unspecified atom stereocenters. The van der Waals surface area contributed by atoms with Crippen LogP contribution in [0.5, 0.6) is 11.5 Å². The number of aromatic nitrogens is 1. The van der Waals surface area contributed by atoms with E-state index in [1.54, 1.807) is 17.4 Å². The van der Waals surface area contributed by atoms with Crippen LogP contribution in [-0.2, 0) is 6.42 Å². The van der Waals surface area contributed by atoms with E-state index in [2.05, 4.69) is 55.9 Å². The number of aromatic hydroxyl groups is 2. The zero-order chi connectivity index (χ0) is 20.9. The summed E-state index contributed by atoms with van der Waals surface area (Å²) in [4.78, 5) is 3.46. The van der Waals surface area contributed by atoms with Crippen LogP contribution in [0.15, 0.2) is 41.6 Å². The van der Waals surface area contributed by atoms with E-state index in [4.69, 9.17) is 0 Å². The molecule has 0 amide bonds. The number of nitrogens with one attached hydrogen (secondary N) is 2. The summed E-state index contributed by atoms with van der Waals surface area (Å²) in [6.07, 6.45) is 2.41. The Hall–Kier alpha value is -2.93. The third kappa shape index (κ3) is 3.15. The first-order valence-corrected chi connectivity index (χ1v) is 10.2. The summed E-state index contributed by atoms with van der Waals surface area (Å²) in [5.41, 5.74) is 8.92. The smallest absolute Gasteiger partial charge is 0.146 e.